The second kappa shape index (κ2) is 7.72. The molecule has 1 aromatic carbocycles. The van der Waals surface area contributed by atoms with Crippen molar-refractivity contribution in [2.75, 3.05) is 0 Å². The van der Waals surface area contributed by atoms with Crippen LogP contribution in [0.4, 0.5) is 13.2 Å². The molecule has 7 heteroatoms. The SMILES string of the molecule is Cc1cc(OC(F)(F)F)ccc1-c1ccc(C(O)(c2cccnc2)C(C)(C)C)nc1. The van der Waals surface area contributed by atoms with E-state index in [4.69, 9.17) is 0 Å². The zero-order valence-corrected chi connectivity index (χ0v) is 17.2. The van der Waals surface area contributed by atoms with Crippen LogP contribution in [-0.4, -0.2) is 21.4 Å². The second-order valence-electron chi connectivity index (χ2n) is 8.16. The molecular formula is C23H23F3N2O2. The van der Waals surface area contributed by atoms with E-state index in [1.165, 1.54) is 12.1 Å². The average Bonchev–Trinajstić information content (AvgIpc) is 2.66. The lowest BCUT2D eigenvalue weighted by Gasteiger charge is -2.40. The number of nitrogens with zero attached hydrogens (tertiary/aromatic N) is 2. The Kier molecular flexibility index (Phi) is 5.60. The maximum absolute atomic E-state index is 12.4. The van der Waals surface area contributed by atoms with E-state index >= 15 is 0 Å². The molecule has 0 bridgehead atoms. The lowest BCUT2D eigenvalue weighted by molar-refractivity contribution is -0.274. The molecule has 2 aromatic heterocycles. The summed E-state index contributed by atoms with van der Waals surface area (Å²) in [5.41, 5.74) is 1.20. The fourth-order valence-corrected chi connectivity index (χ4v) is 3.47. The highest BCUT2D eigenvalue weighted by molar-refractivity contribution is 5.67. The number of alkyl halides is 3. The fourth-order valence-electron chi connectivity index (χ4n) is 3.47. The van der Waals surface area contributed by atoms with E-state index in [0.29, 0.717) is 16.8 Å². The number of aromatic nitrogens is 2. The average molecular weight is 416 g/mol. The molecule has 1 unspecified atom stereocenters. The molecule has 158 valence electrons. The van der Waals surface area contributed by atoms with Crippen LogP contribution in [-0.2, 0) is 5.60 Å². The summed E-state index contributed by atoms with van der Waals surface area (Å²) in [4.78, 5) is 8.62. The Balaban J connectivity index is 1.98. The molecule has 4 nitrogen and oxygen atoms in total. The van der Waals surface area contributed by atoms with Gasteiger partial charge in [-0.2, -0.15) is 0 Å². The summed E-state index contributed by atoms with van der Waals surface area (Å²) in [6.45, 7) is 7.45. The predicted octanol–water partition coefficient (Wildman–Crippen LogP) is 5.63. The van der Waals surface area contributed by atoms with Gasteiger partial charge in [-0.25, -0.2) is 0 Å². The Labute approximate surface area is 173 Å². The minimum absolute atomic E-state index is 0.271. The normalized spacial score (nSPS) is 14.3. The Morgan fingerprint density at radius 3 is 2.20 bits per heavy atom. The molecular weight excluding hydrogens is 393 g/mol. The van der Waals surface area contributed by atoms with Crippen molar-refractivity contribution in [3.05, 3.63) is 77.9 Å². The van der Waals surface area contributed by atoms with Crippen LogP contribution in [0.5, 0.6) is 5.75 Å². The van der Waals surface area contributed by atoms with Gasteiger partial charge in [-0.15, -0.1) is 13.2 Å². The lowest BCUT2D eigenvalue weighted by Crippen LogP contribution is -2.42. The van der Waals surface area contributed by atoms with Gasteiger partial charge in [0.2, 0.25) is 0 Å². The third kappa shape index (κ3) is 4.31. The van der Waals surface area contributed by atoms with E-state index in [0.717, 1.165) is 11.1 Å². The third-order valence-corrected chi connectivity index (χ3v) is 5.04. The van der Waals surface area contributed by atoms with Crippen LogP contribution in [0.3, 0.4) is 0 Å². The van der Waals surface area contributed by atoms with Gasteiger partial charge in [0.15, 0.2) is 0 Å². The Morgan fingerprint density at radius 2 is 1.70 bits per heavy atom. The summed E-state index contributed by atoms with van der Waals surface area (Å²) in [7, 11) is 0. The van der Waals surface area contributed by atoms with Crippen molar-refractivity contribution in [3.63, 3.8) is 0 Å². The molecule has 0 aliphatic rings. The minimum atomic E-state index is -4.74. The van der Waals surface area contributed by atoms with Crippen molar-refractivity contribution in [2.45, 2.75) is 39.7 Å². The van der Waals surface area contributed by atoms with E-state index in [1.54, 1.807) is 55.8 Å². The van der Waals surface area contributed by atoms with Gasteiger partial charge < -0.3 is 9.84 Å². The standard InChI is InChI=1S/C23H23F3N2O2/c1-15-12-18(30-23(24,25)26)8-9-19(15)16-7-10-20(28-13-16)22(29,21(2,3)4)17-6-5-11-27-14-17/h5-14,29H,1-4H3. The Bertz CT molecular complexity index is 1010. The molecule has 30 heavy (non-hydrogen) atoms. The van der Waals surface area contributed by atoms with E-state index in [9.17, 15) is 18.3 Å². The summed E-state index contributed by atoms with van der Waals surface area (Å²) in [6.07, 6.45) is 0.123. The molecule has 0 amide bonds. The number of benzene rings is 1. The summed E-state index contributed by atoms with van der Waals surface area (Å²) in [5.74, 6) is -0.271. The van der Waals surface area contributed by atoms with Crippen molar-refractivity contribution in [1.29, 1.82) is 0 Å². The van der Waals surface area contributed by atoms with Gasteiger partial charge in [0, 0.05) is 35.1 Å². The molecule has 2 heterocycles. The maximum Gasteiger partial charge on any atom is 0.573 e. The molecule has 0 fully saturated rings. The van der Waals surface area contributed by atoms with Gasteiger partial charge in [-0.3, -0.25) is 9.97 Å². The van der Waals surface area contributed by atoms with Crippen molar-refractivity contribution < 1.29 is 23.0 Å². The number of ether oxygens (including phenoxy) is 1. The smallest absolute Gasteiger partial charge is 0.406 e. The van der Waals surface area contributed by atoms with Gasteiger partial charge in [0.05, 0.1) is 5.69 Å². The first kappa shape index (κ1) is 21.8. The van der Waals surface area contributed by atoms with Crippen molar-refractivity contribution >= 4 is 0 Å². The first-order valence-corrected chi connectivity index (χ1v) is 9.38. The van der Waals surface area contributed by atoms with Gasteiger partial charge >= 0.3 is 6.36 Å². The molecule has 1 N–H and O–H groups in total. The number of halogens is 3. The zero-order chi connectivity index (χ0) is 22.2. The van der Waals surface area contributed by atoms with E-state index in [1.807, 2.05) is 20.8 Å². The van der Waals surface area contributed by atoms with E-state index in [-0.39, 0.29) is 5.75 Å². The molecule has 0 aliphatic carbocycles. The number of aryl methyl sites for hydroxylation is 1. The van der Waals surface area contributed by atoms with Crippen LogP contribution in [0.1, 0.15) is 37.6 Å². The Hall–Kier alpha value is -2.93. The molecule has 1 atom stereocenters. The zero-order valence-electron chi connectivity index (χ0n) is 17.2. The molecule has 0 aliphatic heterocycles. The number of hydrogen-bond acceptors (Lipinski definition) is 4. The Morgan fingerprint density at radius 1 is 0.967 bits per heavy atom. The molecule has 0 spiro atoms. The largest absolute Gasteiger partial charge is 0.573 e. The van der Waals surface area contributed by atoms with Gasteiger partial charge in [0.1, 0.15) is 11.4 Å². The molecule has 0 radical (unpaired) electrons. The minimum Gasteiger partial charge on any atom is -0.406 e. The van der Waals surface area contributed by atoms with Crippen LogP contribution in [0.2, 0.25) is 0 Å². The summed E-state index contributed by atoms with van der Waals surface area (Å²) in [5, 5.41) is 11.6. The molecule has 0 saturated carbocycles. The van der Waals surface area contributed by atoms with Gasteiger partial charge in [0.25, 0.3) is 0 Å². The van der Waals surface area contributed by atoms with Gasteiger partial charge in [-0.05, 0) is 42.3 Å². The second-order valence-corrected chi connectivity index (χ2v) is 8.16. The quantitative estimate of drug-likeness (QED) is 0.599. The highest BCUT2D eigenvalue weighted by Gasteiger charge is 2.44. The van der Waals surface area contributed by atoms with Crippen LogP contribution < -0.4 is 4.74 Å². The van der Waals surface area contributed by atoms with Crippen LogP contribution in [0, 0.1) is 12.3 Å². The molecule has 3 rings (SSSR count). The number of rotatable bonds is 4. The van der Waals surface area contributed by atoms with Gasteiger partial charge in [-0.1, -0.05) is 39.0 Å². The van der Waals surface area contributed by atoms with Crippen LogP contribution in [0.25, 0.3) is 11.1 Å². The third-order valence-electron chi connectivity index (χ3n) is 5.04. The van der Waals surface area contributed by atoms with Crippen molar-refractivity contribution in [1.82, 2.24) is 9.97 Å². The topological polar surface area (TPSA) is 55.2 Å². The van der Waals surface area contributed by atoms with Crippen molar-refractivity contribution in [2.24, 2.45) is 5.41 Å². The monoisotopic (exact) mass is 416 g/mol. The fraction of sp³-hybridized carbons (Fsp3) is 0.304. The first-order valence-electron chi connectivity index (χ1n) is 9.38. The summed E-state index contributed by atoms with van der Waals surface area (Å²) < 4.78 is 41.3. The van der Waals surface area contributed by atoms with Crippen LogP contribution >= 0.6 is 0 Å². The number of aliphatic hydroxyl groups is 1. The maximum atomic E-state index is 12.4. The van der Waals surface area contributed by atoms with E-state index in [2.05, 4.69) is 14.7 Å². The molecule has 0 saturated heterocycles. The number of hydrogen-bond donors (Lipinski definition) is 1. The highest BCUT2D eigenvalue weighted by Crippen LogP contribution is 2.44. The summed E-state index contributed by atoms with van der Waals surface area (Å²) >= 11 is 0. The first-order chi connectivity index (χ1) is 13.9. The highest BCUT2D eigenvalue weighted by atomic mass is 19.4. The number of pyridine rings is 2. The van der Waals surface area contributed by atoms with Crippen LogP contribution in [0.15, 0.2) is 61.1 Å². The lowest BCUT2D eigenvalue weighted by atomic mass is 9.70. The van der Waals surface area contributed by atoms with E-state index < -0.39 is 17.4 Å². The summed E-state index contributed by atoms with van der Waals surface area (Å²) in [6, 6.07) is 11.2. The molecule has 3 aromatic rings. The van der Waals surface area contributed by atoms with Crippen molar-refractivity contribution in [3.8, 4) is 16.9 Å². The predicted molar refractivity (Wildman–Crippen MR) is 108 cm³/mol.